The molecule has 0 heteroatoms. The maximum Gasteiger partial charge on any atom is 0.0356 e. The molecule has 0 spiro atoms. The van der Waals surface area contributed by atoms with E-state index in [2.05, 4.69) is 208 Å². The average molecular weight is 986 g/mol. The first-order valence-corrected chi connectivity index (χ1v) is 31.5. The molecule has 0 amide bonds. The lowest BCUT2D eigenvalue weighted by atomic mass is 9.44. The maximum absolute atomic E-state index is 2.66. The molecule has 10 aliphatic rings. The predicted octanol–water partition coefficient (Wildman–Crippen LogP) is 20.9. The number of rotatable bonds is 0. The Morgan fingerprint density at radius 1 is 0.139 bits per heavy atom. The average Bonchev–Trinajstić information content (AvgIpc) is 3.83. The van der Waals surface area contributed by atoms with Gasteiger partial charge >= 0.3 is 0 Å². The van der Waals surface area contributed by atoms with Crippen LogP contribution >= 0.6 is 0 Å². The molecule has 72 heavy (non-hydrogen) atoms. The lowest BCUT2D eigenvalue weighted by molar-refractivity contribution is -0.138. The van der Waals surface area contributed by atoms with E-state index in [0.29, 0.717) is 5.92 Å². The van der Waals surface area contributed by atoms with E-state index in [1.54, 1.807) is 16.7 Å². The van der Waals surface area contributed by atoms with Crippen LogP contribution in [0.15, 0.2) is 66.9 Å². The minimum Gasteiger partial charge on any atom is -0.0620 e. The fourth-order valence-electron chi connectivity index (χ4n) is 21.8. The van der Waals surface area contributed by atoms with Crippen molar-refractivity contribution in [2.45, 2.75) is 208 Å². The fraction of sp³-hybridized carbons (Fsp3) is 0.833. The summed E-state index contributed by atoms with van der Waals surface area (Å²) in [5.41, 5.74) is 18.1. The molecular weight excluding hydrogens is 865 g/mol. The Bertz CT molecular complexity index is 2000. The van der Waals surface area contributed by atoms with Crippen LogP contribution in [0.3, 0.4) is 0 Å². The van der Waals surface area contributed by atoms with Crippen molar-refractivity contribution in [3.8, 4) is 0 Å². The van der Waals surface area contributed by atoms with Crippen LogP contribution in [-0.4, -0.2) is 0 Å². The molecule has 0 bridgehead atoms. The van der Waals surface area contributed by atoms with Crippen molar-refractivity contribution in [3.05, 3.63) is 66.9 Å². The second-order valence-electron chi connectivity index (χ2n) is 30.0. The van der Waals surface area contributed by atoms with Crippen LogP contribution in [0.4, 0.5) is 0 Å². The van der Waals surface area contributed by atoms with Gasteiger partial charge in [0.05, 0.1) is 0 Å². The van der Waals surface area contributed by atoms with E-state index >= 15 is 0 Å². The number of hydrogen-bond acceptors (Lipinski definition) is 0. The first-order chi connectivity index (χ1) is 33.3. The van der Waals surface area contributed by atoms with Gasteiger partial charge in [0, 0.05) is 5.92 Å². The van der Waals surface area contributed by atoms with Crippen LogP contribution in [0.1, 0.15) is 208 Å². The summed E-state index contributed by atoms with van der Waals surface area (Å²) in [7, 11) is 0. The molecule has 408 valence electrons. The Morgan fingerprint density at radius 3 is 0.486 bits per heavy atom. The van der Waals surface area contributed by atoms with Crippen LogP contribution in [0.5, 0.6) is 0 Å². The van der Waals surface area contributed by atoms with E-state index < -0.39 is 0 Å². The van der Waals surface area contributed by atoms with Gasteiger partial charge in [0.1, 0.15) is 0 Å². The van der Waals surface area contributed by atoms with Crippen LogP contribution in [-0.2, 0) is 0 Å². The Labute approximate surface area is 449 Å². The van der Waals surface area contributed by atoms with Crippen LogP contribution in [0.25, 0.3) is 0 Å². The zero-order chi connectivity index (χ0) is 54.2. The summed E-state index contributed by atoms with van der Waals surface area (Å²) < 4.78 is 0. The van der Waals surface area contributed by atoms with Crippen molar-refractivity contribution in [3.63, 3.8) is 0 Å². The Hall–Kier alpha value is -1.56. The second kappa shape index (κ2) is 21.0. The van der Waals surface area contributed by atoms with Crippen molar-refractivity contribution in [1.29, 1.82) is 0 Å². The highest BCUT2D eigenvalue weighted by Gasteiger charge is 2.67. The normalized spacial score (nSPS) is 51.5. The number of hydrogen-bond donors (Lipinski definition) is 0. The van der Waals surface area contributed by atoms with E-state index in [9.17, 15) is 0 Å². The highest BCUT2D eigenvalue weighted by Crippen LogP contribution is 2.72. The third-order valence-electron chi connectivity index (χ3n) is 29.1. The van der Waals surface area contributed by atoms with E-state index in [1.165, 1.54) is 50.2 Å². The minimum atomic E-state index is 0.469. The SMILES string of the molecule is CC1=C(C)C2=C(C)C(C)=C(C)C3=C(C)C(C)=C(C)C(=C1C)C23.CC1C(C)C(C)C(C)C1C.CC1C(C)C(C)C2C(C)C(C)C(C)C2C1C.CC1C(C)C2C(C)C(C)C3C(C)C(C)C(C)C4C(C)C(C1C)C2C34. The van der Waals surface area contributed by atoms with E-state index in [-0.39, 0.29) is 0 Å². The molecule has 0 aromatic heterocycles. The van der Waals surface area contributed by atoms with Gasteiger partial charge in [-0.2, -0.15) is 0 Å². The van der Waals surface area contributed by atoms with Crippen molar-refractivity contribution < 1.29 is 0 Å². The summed E-state index contributed by atoms with van der Waals surface area (Å²) >= 11 is 0. The van der Waals surface area contributed by atoms with Gasteiger partial charge in [-0.15, -0.1) is 0 Å². The lowest BCUT2D eigenvalue weighted by Gasteiger charge is -2.61. The second-order valence-corrected chi connectivity index (χ2v) is 30.0. The number of allylic oxidation sites excluding steroid dienone is 12. The van der Waals surface area contributed by atoms with Gasteiger partial charge in [0.25, 0.3) is 0 Å². The summed E-state index contributed by atoms with van der Waals surface area (Å²) in [5, 5.41) is 0. The van der Waals surface area contributed by atoms with Crippen LogP contribution in [0.2, 0.25) is 0 Å². The molecule has 0 nitrogen and oxygen atoms in total. The fourth-order valence-corrected chi connectivity index (χ4v) is 21.8. The third-order valence-corrected chi connectivity index (χ3v) is 29.1. The topological polar surface area (TPSA) is 0 Å². The highest BCUT2D eigenvalue weighted by molar-refractivity contribution is 5.73. The molecule has 7 fully saturated rings. The predicted molar refractivity (Wildman–Crippen MR) is 317 cm³/mol. The molecule has 0 radical (unpaired) electrons. The quantitative estimate of drug-likeness (QED) is 0.227. The molecule has 0 aliphatic heterocycles. The summed E-state index contributed by atoms with van der Waals surface area (Å²) in [5.74, 6) is 28.1. The third kappa shape index (κ3) is 8.58. The van der Waals surface area contributed by atoms with Gasteiger partial charge in [-0.05, 0) is 301 Å². The smallest absolute Gasteiger partial charge is 0.0356 e. The van der Waals surface area contributed by atoms with Gasteiger partial charge in [0.15, 0.2) is 0 Å². The van der Waals surface area contributed by atoms with Crippen LogP contribution < -0.4 is 0 Å². The highest BCUT2D eigenvalue weighted by atomic mass is 14.7. The van der Waals surface area contributed by atoms with Gasteiger partial charge in [-0.25, -0.2) is 0 Å². The van der Waals surface area contributed by atoms with Crippen LogP contribution in [0, 0.1) is 178 Å². The van der Waals surface area contributed by atoms with Gasteiger partial charge < -0.3 is 0 Å². The van der Waals surface area contributed by atoms with Gasteiger partial charge in [-0.1, -0.05) is 145 Å². The first-order valence-electron chi connectivity index (χ1n) is 31.5. The first kappa shape index (κ1) is 58.1. The molecule has 10 aliphatic carbocycles. The van der Waals surface area contributed by atoms with Crippen molar-refractivity contribution in [1.82, 2.24) is 0 Å². The Kier molecular flexibility index (Phi) is 17.0. The van der Waals surface area contributed by atoms with E-state index in [1.807, 2.05) is 0 Å². The summed E-state index contributed by atoms with van der Waals surface area (Å²) in [6, 6.07) is 0. The molecule has 22 atom stereocenters. The molecule has 7 saturated carbocycles. The molecule has 0 heterocycles. The number of fused-ring (bicyclic) bond motifs is 1. The molecule has 0 saturated heterocycles. The van der Waals surface area contributed by atoms with Crippen molar-refractivity contribution in [2.75, 3.05) is 0 Å². The minimum absolute atomic E-state index is 0.469. The summed E-state index contributed by atoms with van der Waals surface area (Å²) in [6.45, 7) is 73.8. The molecule has 0 aromatic rings. The zero-order valence-corrected chi connectivity index (χ0v) is 53.3. The van der Waals surface area contributed by atoms with Crippen molar-refractivity contribution >= 4 is 0 Å². The van der Waals surface area contributed by atoms with E-state index in [4.69, 9.17) is 0 Å². The summed E-state index contributed by atoms with van der Waals surface area (Å²) in [6.07, 6.45) is 0. The Balaban J connectivity index is 0.000000147. The van der Waals surface area contributed by atoms with Gasteiger partial charge in [-0.3, -0.25) is 0 Å². The monoisotopic (exact) mass is 985 g/mol. The molecule has 0 N–H and O–H groups in total. The van der Waals surface area contributed by atoms with E-state index in [0.717, 1.165) is 172 Å². The maximum atomic E-state index is 2.66. The standard InChI is InChI=1S/C24H42.C22H28.C16H30.C10H20/c1-10-12(3)19-16(7)17(8)20-13(4)11(2)15(6)22-18(9)21(14(10)5)23(19)24(20)22;1-10-13(4)19-15(6)11(2)17(8)21-18(9)12(3)16(7)20(14(10)5)22(19)21;1-8-9(2)12(5)16-14(7)10(3)13(6)15(16)11(8)4;1-6-7(2)9(4)10(5)8(6)3/h10-24H,1-9H3;22H,1-9H3;8-16H,1-7H3;6-10H,1-5H3. The molecule has 0 aromatic carbocycles. The molecular formula is C72H120. The van der Waals surface area contributed by atoms with Gasteiger partial charge in [0.2, 0.25) is 0 Å². The van der Waals surface area contributed by atoms with Crippen molar-refractivity contribution in [2.24, 2.45) is 178 Å². The molecule has 22 unspecified atom stereocenters. The molecule has 10 rings (SSSR count). The zero-order valence-electron chi connectivity index (χ0n) is 53.3. The summed E-state index contributed by atoms with van der Waals surface area (Å²) in [4.78, 5) is 0. The Morgan fingerprint density at radius 2 is 0.278 bits per heavy atom. The largest absolute Gasteiger partial charge is 0.0620 e. The lowest BCUT2D eigenvalue weighted by Crippen LogP contribution is -2.57.